The summed E-state index contributed by atoms with van der Waals surface area (Å²) in [6, 6.07) is 31.8. The van der Waals surface area contributed by atoms with Crippen molar-refractivity contribution in [3.8, 4) is 34.0 Å². The number of rotatable bonds is 12. The Morgan fingerprint density at radius 2 is 1.36 bits per heavy atom. The molecule has 5 nitrogen and oxygen atoms in total. The zero-order valence-electron chi connectivity index (χ0n) is 20.5. The number of carboxylic acids is 1. The normalized spacial score (nSPS) is 11.6. The van der Waals surface area contributed by atoms with Crippen LogP contribution in [0.2, 0.25) is 0 Å². The minimum absolute atomic E-state index is 0.531. The third-order valence-corrected chi connectivity index (χ3v) is 6.03. The van der Waals surface area contributed by atoms with Crippen molar-refractivity contribution in [1.82, 2.24) is 4.98 Å². The number of unbranched alkanes of at least 4 members (excludes halogenated alkanes) is 2. The molecule has 0 saturated carbocycles. The molecule has 184 valence electrons. The summed E-state index contributed by atoms with van der Waals surface area (Å²) in [5.41, 5.74) is 4.83. The van der Waals surface area contributed by atoms with Gasteiger partial charge in [-0.25, -0.2) is 4.98 Å². The van der Waals surface area contributed by atoms with Crippen LogP contribution in [0.1, 0.15) is 37.7 Å². The number of hydrogen-bond acceptors (Lipinski definition) is 4. The molecule has 0 saturated heterocycles. The fourth-order valence-corrected chi connectivity index (χ4v) is 3.98. The van der Waals surface area contributed by atoms with E-state index >= 15 is 0 Å². The van der Waals surface area contributed by atoms with E-state index in [9.17, 15) is 9.90 Å². The molecule has 3 aromatic carbocycles. The number of pyridine rings is 1. The monoisotopic (exact) mass is 481 g/mol. The lowest BCUT2D eigenvalue weighted by atomic mass is 10.0. The number of benzene rings is 3. The lowest BCUT2D eigenvalue weighted by molar-refractivity contribution is -0.138. The van der Waals surface area contributed by atoms with Gasteiger partial charge in [0.2, 0.25) is 5.88 Å². The number of ether oxygens (including phenoxy) is 2. The molecular weight excluding hydrogens is 450 g/mol. The summed E-state index contributed by atoms with van der Waals surface area (Å²) < 4.78 is 11.9. The molecule has 1 heterocycles. The van der Waals surface area contributed by atoms with Crippen molar-refractivity contribution in [3.63, 3.8) is 0 Å². The number of para-hydroxylation sites is 1. The maximum atomic E-state index is 11.3. The molecule has 0 aliphatic rings. The van der Waals surface area contributed by atoms with Gasteiger partial charge in [0, 0.05) is 17.2 Å². The number of hydrogen-bond donors (Lipinski definition) is 1. The van der Waals surface area contributed by atoms with Gasteiger partial charge in [-0.05, 0) is 49.4 Å². The van der Waals surface area contributed by atoms with Crippen LogP contribution >= 0.6 is 0 Å². The molecule has 0 fully saturated rings. The van der Waals surface area contributed by atoms with E-state index in [1.807, 2.05) is 66.7 Å². The van der Waals surface area contributed by atoms with Crippen molar-refractivity contribution in [2.75, 3.05) is 13.2 Å². The van der Waals surface area contributed by atoms with Crippen LogP contribution in [0.3, 0.4) is 0 Å². The van der Waals surface area contributed by atoms with E-state index in [1.54, 1.807) is 6.92 Å². The van der Waals surface area contributed by atoms with Crippen LogP contribution in [-0.4, -0.2) is 29.3 Å². The lowest BCUT2D eigenvalue weighted by Crippen LogP contribution is -2.10. The van der Waals surface area contributed by atoms with Crippen molar-refractivity contribution in [3.05, 3.63) is 103 Å². The van der Waals surface area contributed by atoms with Crippen LogP contribution in [0.5, 0.6) is 11.6 Å². The summed E-state index contributed by atoms with van der Waals surface area (Å²) >= 11 is 0. The summed E-state index contributed by atoms with van der Waals surface area (Å²) in [6.07, 6.45) is 2.65. The van der Waals surface area contributed by atoms with Crippen LogP contribution in [0.25, 0.3) is 22.4 Å². The molecule has 4 rings (SSSR count). The first-order valence-electron chi connectivity index (χ1n) is 12.3. The summed E-state index contributed by atoms with van der Waals surface area (Å²) in [5.74, 6) is -0.208. The summed E-state index contributed by atoms with van der Waals surface area (Å²) in [7, 11) is 0. The van der Waals surface area contributed by atoms with E-state index in [4.69, 9.17) is 14.5 Å². The third kappa shape index (κ3) is 6.72. The minimum Gasteiger partial charge on any atom is -0.493 e. The Hall–Kier alpha value is -4.12. The van der Waals surface area contributed by atoms with Crippen LogP contribution in [-0.2, 0) is 4.79 Å². The summed E-state index contributed by atoms with van der Waals surface area (Å²) in [6.45, 7) is 2.77. The van der Waals surface area contributed by atoms with Gasteiger partial charge in [0.25, 0.3) is 0 Å². The van der Waals surface area contributed by atoms with Crippen molar-refractivity contribution >= 4 is 5.97 Å². The van der Waals surface area contributed by atoms with Crippen LogP contribution < -0.4 is 9.47 Å². The molecular formula is C31H31NO4. The molecule has 1 atom stereocenters. The summed E-state index contributed by atoms with van der Waals surface area (Å²) in [5, 5.41) is 9.31. The maximum Gasteiger partial charge on any atom is 0.310 e. The molecule has 1 N–H and O–H groups in total. The van der Waals surface area contributed by atoms with Crippen LogP contribution in [0, 0.1) is 0 Å². The minimum atomic E-state index is -0.858. The fraction of sp³-hybridized carbons (Fsp3) is 0.226. The van der Waals surface area contributed by atoms with Gasteiger partial charge in [-0.3, -0.25) is 4.79 Å². The van der Waals surface area contributed by atoms with E-state index in [0.29, 0.717) is 30.4 Å². The van der Waals surface area contributed by atoms with Gasteiger partial charge < -0.3 is 14.6 Å². The zero-order chi connectivity index (χ0) is 25.2. The van der Waals surface area contributed by atoms with Gasteiger partial charge in [-0.2, -0.15) is 0 Å². The molecule has 0 radical (unpaired) electrons. The molecule has 5 heteroatoms. The number of aliphatic carboxylic acids is 1. The first kappa shape index (κ1) is 25.0. The Morgan fingerprint density at radius 3 is 2.06 bits per heavy atom. The molecule has 0 amide bonds. The second kappa shape index (κ2) is 12.5. The van der Waals surface area contributed by atoms with Gasteiger partial charge in [0.05, 0.1) is 24.8 Å². The SMILES string of the molecule is CC(C(=O)O)c1ccccc1OCCCCCOc1cc(-c2ccccc2)cc(-c2ccccc2)n1. The summed E-state index contributed by atoms with van der Waals surface area (Å²) in [4.78, 5) is 16.1. The number of nitrogens with zero attached hydrogens (tertiary/aromatic N) is 1. The smallest absolute Gasteiger partial charge is 0.310 e. The van der Waals surface area contributed by atoms with E-state index in [1.165, 1.54) is 0 Å². The average Bonchev–Trinajstić information content (AvgIpc) is 2.93. The average molecular weight is 482 g/mol. The second-order valence-electron chi connectivity index (χ2n) is 8.67. The Morgan fingerprint density at radius 1 is 0.750 bits per heavy atom. The van der Waals surface area contributed by atoms with E-state index in [-0.39, 0.29) is 0 Å². The van der Waals surface area contributed by atoms with E-state index < -0.39 is 11.9 Å². The van der Waals surface area contributed by atoms with Crippen molar-refractivity contribution in [2.24, 2.45) is 0 Å². The molecule has 0 aliphatic carbocycles. The highest BCUT2D eigenvalue weighted by molar-refractivity contribution is 5.76. The molecule has 1 aromatic heterocycles. The largest absolute Gasteiger partial charge is 0.493 e. The Kier molecular flexibility index (Phi) is 8.71. The molecule has 0 bridgehead atoms. The Balaban J connectivity index is 1.31. The fourth-order valence-electron chi connectivity index (χ4n) is 3.98. The Bertz CT molecular complexity index is 1200. The Labute approximate surface area is 212 Å². The van der Waals surface area contributed by atoms with Crippen LogP contribution in [0.15, 0.2) is 97.1 Å². The molecule has 1 unspecified atom stereocenters. The highest BCUT2D eigenvalue weighted by Crippen LogP contribution is 2.29. The molecule has 4 aromatic rings. The molecule has 0 aliphatic heterocycles. The van der Waals surface area contributed by atoms with Crippen molar-refractivity contribution in [1.29, 1.82) is 0 Å². The number of carbonyl (C=O) groups is 1. The van der Waals surface area contributed by atoms with Gasteiger partial charge in [0.15, 0.2) is 0 Å². The third-order valence-electron chi connectivity index (χ3n) is 6.03. The zero-order valence-corrected chi connectivity index (χ0v) is 20.5. The van der Waals surface area contributed by atoms with E-state index in [0.717, 1.165) is 41.6 Å². The lowest BCUT2D eigenvalue weighted by Gasteiger charge is -2.14. The quantitative estimate of drug-likeness (QED) is 0.216. The van der Waals surface area contributed by atoms with Crippen LogP contribution in [0.4, 0.5) is 0 Å². The van der Waals surface area contributed by atoms with Gasteiger partial charge in [-0.1, -0.05) is 78.9 Å². The maximum absolute atomic E-state index is 11.3. The first-order valence-corrected chi connectivity index (χ1v) is 12.3. The molecule has 36 heavy (non-hydrogen) atoms. The second-order valence-corrected chi connectivity index (χ2v) is 8.67. The van der Waals surface area contributed by atoms with E-state index in [2.05, 4.69) is 30.3 Å². The number of aromatic nitrogens is 1. The van der Waals surface area contributed by atoms with Gasteiger partial charge in [0.1, 0.15) is 5.75 Å². The highest BCUT2D eigenvalue weighted by Gasteiger charge is 2.17. The highest BCUT2D eigenvalue weighted by atomic mass is 16.5. The van der Waals surface area contributed by atoms with Crippen molar-refractivity contribution in [2.45, 2.75) is 32.1 Å². The number of carboxylic acid groups (broad SMARTS) is 1. The standard InChI is InChI=1S/C31H31NO4/c1-23(31(33)34)27-17-9-10-18-29(27)35-19-11-4-12-20-36-30-22-26(24-13-5-2-6-14-24)21-28(32-30)25-15-7-3-8-16-25/h2-3,5-10,13-18,21-23H,4,11-12,19-20H2,1H3,(H,33,34). The van der Waals surface area contributed by atoms with Crippen molar-refractivity contribution < 1.29 is 19.4 Å². The first-order chi connectivity index (χ1) is 17.6. The van der Waals surface area contributed by atoms with Gasteiger partial charge >= 0.3 is 5.97 Å². The van der Waals surface area contributed by atoms with Gasteiger partial charge in [-0.15, -0.1) is 0 Å². The predicted molar refractivity (Wildman–Crippen MR) is 142 cm³/mol. The predicted octanol–water partition coefficient (Wildman–Crippen LogP) is 7.23. The topological polar surface area (TPSA) is 68.7 Å². The molecule has 0 spiro atoms.